The van der Waals surface area contributed by atoms with Crippen molar-refractivity contribution < 1.29 is 4.42 Å². The van der Waals surface area contributed by atoms with Crippen LogP contribution in [-0.4, -0.2) is 19.8 Å². The molecule has 0 amide bonds. The highest BCUT2D eigenvalue weighted by molar-refractivity contribution is 7.19. The van der Waals surface area contributed by atoms with Crippen molar-refractivity contribution in [1.29, 1.82) is 0 Å². The summed E-state index contributed by atoms with van der Waals surface area (Å²) in [4.78, 5) is 0.667. The fourth-order valence-corrected chi connectivity index (χ4v) is 4.35. The number of para-hydroxylation sites is 1. The van der Waals surface area contributed by atoms with E-state index in [0.29, 0.717) is 26.6 Å². The van der Waals surface area contributed by atoms with Gasteiger partial charge < -0.3 is 4.42 Å². The Hall–Kier alpha value is -2.41. The van der Waals surface area contributed by atoms with Gasteiger partial charge in [0, 0.05) is 21.5 Å². The van der Waals surface area contributed by atoms with Gasteiger partial charge >= 0.3 is 0 Å². The molecule has 128 valence electrons. The molecule has 5 nitrogen and oxygen atoms in total. The summed E-state index contributed by atoms with van der Waals surface area (Å²) in [5.74, 6) is 1.24. The molecule has 5 rings (SSSR count). The monoisotopic (exact) mass is 400 g/mol. The molecule has 0 atom stereocenters. The molecule has 3 heterocycles. The standard InChI is InChI=1S/C18H10Cl2N4OS/c1-9-11-4-2-3-5-14(11)25-15(9)16-21-22-18-24(16)23-17(26-18)12-7-6-10(19)8-13(12)20/h2-8H,1H3. The lowest BCUT2D eigenvalue weighted by Crippen LogP contribution is -1.91. The van der Waals surface area contributed by atoms with Gasteiger partial charge in [0.1, 0.15) is 10.6 Å². The van der Waals surface area contributed by atoms with E-state index < -0.39 is 0 Å². The van der Waals surface area contributed by atoms with Gasteiger partial charge in [0.15, 0.2) is 5.76 Å². The molecule has 0 aliphatic rings. The van der Waals surface area contributed by atoms with Gasteiger partial charge in [-0.3, -0.25) is 0 Å². The minimum atomic E-state index is 0.545. The van der Waals surface area contributed by atoms with Crippen molar-refractivity contribution in [2.75, 3.05) is 0 Å². The molecule has 0 aliphatic carbocycles. The Morgan fingerprint density at radius 2 is 1.92 bits per heavy atom. The van der Waals surface area contributed by atoms with Crippen LogP contribution < -0.4 is 0 Å². The average Bonchev–Trinajstić information content (AvgIpc) is 3.28. The van der Waals surface area contributed by atoms with E-state index in [9.17, 15) is 0 Å². The number of fused-ring (bicyclic) bond motifs is 2. The van der Waals surface area contributed by atoms with E-state index in [1.54, 1.807) is 16.6 Å². The first-order valence-electron chi connectivity index (χ1n) is 7.78. The Kier molecular flexibility index (Phi) is 3.53. The third kappa shape index (κ3) is 2.34. The summed E-state index contributed by atoms with van der Waals surface area (Å²) in [7, 11) is 0. The number of halogens is 2. The number of nitrogens with zero attached hydrogens (tertiary/aromatic N) is 4. The predicted molar refractivity (Wildman–Crippen MR) is 104 cm³/mol. The van der Waals surface area contributed by atoms with Crippen molar-refractivity contribution >= 4 is 50.5 Å². The summed E-state index contributed by atoms with van der Waals surface area (Å²) in [5, 5.41) is 16.1. The zero-order valence-electron chi connectivity index (χ0n) is 13.4. The maximum atomic E-state index is 6.31. The van der Waals surface area contributed by atoms with E-state index in [1.165, 1.54) is 11.3 Å². The summed E-state index contributed by atoms with van der Waals surface area (Å²) < 4.78 is 7.69. The number of rotatable bonds is 2. The summed E-state index contributed by atoms with van der Waals surface area (Å²) >= 11 is 13.7. The zero-order valence-corrected chi connectivity index (χ0v) is 15.7. The van der Waals surface area contributed by atoms with Crippen LogP contribution in [0.1, 0.15) is 5.56 Å². The second-order valence-corrected chi connectivity index (χ2v) is 7.60. The van der Waals surface area contributed by atoms with E-state index in [-0.39, 0.29) is 0 Å². The number of hydrogen-bond donors (Lipinski definition) is 0. The molecule has 0 radical (unpaired) electrons. The molecular formula is C18H10Cl2N4OS. The van der Waals surface area contributed by atoms with Crippen LogP contribution in [0.4, 0.5) is 0 Å². The first-order chi connectivity index (χ1) is 12.6. The zero-order chi connectivity index (χ0) is 17.8. The Morgan fingerprint density at radius 1 is 1.08 bits per heavy atom. The van der Waals surface area contributed by atoms with Gasteiger partial charge in [-0.25, -0.2) is 0 Å². The summed E-state index contributed by atoms with van der Waals surface area (Å²) in [6, 6.07) is 13.2. The summed E-state index contributed by atoms with van der Waals surface area (Å²) in [6.45, 7) is 2.01. The van der Waals surface area contributed by atoms with Gasteiger partial charge in [-0.2, -0.15) is 9.61 Å². The maximum absolute atomic E-state index is 6.31. The molecule has 0 saturated carbocycles. The minimum Gasteiger partial charge on any atom is -0.452 e. The molecule has 3 aromatic heterocycles. The van der Waals surface area contributed by atoms with Gasteiger partial charge in [-0.1, -0.05) is 52.7 Å². The third-order valence-electron chi connectivity index (χ3n) is 4.20. The Bertz CT molecular complexity index is 1290. The molecule has 2 aromatic carbocycles. The molecule has 26 heavy (non-hydrogen) atoms. The molecule has 0 fully saturated rings. The van der Waals surface area contributed by atoms with Crippen molar-refractivity contribution in [1.82, 2.24) is 19.8 Å². The SMILES string of the molecule is Cc1c(-c2nnc3sc(-c4ccc(Cl)cc4Cl)nn23)oc2ccccc12. The fraction of sp³-hybridized carbons (Fsp3) is 0.0556. The van der Waals surface area contributed by atoms with E-state index >= 15 is 0 Å². The van der Waals surface area contributed by atoms with Crippen molar-refractivity contribution in [2.45, 2.75) is 6.92 Å². The van der Waals surface area contributed by atoms with Crippen LogP contribution in [0.2, 0.25) is 10.0 Å². The van der Waals surface area contributed by atoms with Gasteiger partial charge in [0.2, 0.25) is 10.8 Å². The van der Waals surface area contributed by atoms with E-state index in [2.05, 4.69) is 15.3 Å². The highest BCUT2D eigenvalue weighted by Crippen LogP contribution is 2.36. The third-order valence-corrected chi connectivity index (χ3v) is 5.68. The van der Waals surface area contributed by atoms with Crippen molar-refractivity contribution in [2.24, 2.45) is 0 Å². The molecular weight excluding hydrogens is 391 g/mol. The number of aromatic nitrogens is 4. The molecule has 0 N–H and O–H groups in total. The fourth-order valence-electron chi connectivity index (χ4n) is 2.92. The van der Waals surface area contributed by atoms with Gasteiger partial charge in [0.25, 0.3) is 0 Å². The summed E-state index contributed by atoms with van der Waals surface area (Å²) in [6.07, 6.45) is 0. The molecule has 0 saturated heterocycles. The van der Waals surface area contributed by atoms with Gasteiger partial charge in [-0.05, 0) is 31.2 Å². The normalized spacial score (nSPS) is 11.7. The first kappa shape index (κ1) is 15.8. The number of benzene rings is 2. The molecule has 0 unspecified atom stereocenters. The van der Waals surface area contributed by atoms with Crippen LogP contribution in [0.3, 0.4) is 0 Å². The lowest BCUT2D eigenvalue weighted by molar-refractivity contribution is 0.619. The lowest BCUT2D eigenvalue weighted by Gasteiger charge is -1.99. The Labute approximate surface area is 161 Å². The van der Waals surface area contributed by atoms with Crippen LogP contribution in [0.5, 0.6) is 0 Å². The molecule has 0 aliphatic heterocycles. The van der Waals surface area contributed by atoms with Crippen molar-refractivity contribution in [3.63, 3.8) is 0 Å². The van der Waals surface area contributed by atoms with Crippen LogP contribution in [0.15, 0.2) is 46.9 Å². The second kappa shape index (κ2) is 5.81. The van der Waals surface area contributed by atoms with E-state index in [1.807, 2.05) is 37.3 Å². The minimum absolute atomic E-state index is 0.545. The topological polar surface area (TPSA) is 56.2 Å². The van der Waals surface area contributed by atoms with E-state index in [4.69, 9.17) is 27.6 Å². The molecule has 5 aromatic rings. The van der Waals surface area contributed by atoms with Gasteiger partial charge in [0.05, 0.1) is 5.02 Å². The smallest absolute Gasteiger partial charge is 0.235 e. The van der Waals surface area contributed by atoms with Crippen LogP contribution in [0.25, 0.3) is 38.1 Å². The maximum Gasteiger partial charge on any atom is 0.235 e. The van der Waals surface area contributed by atoms with Crippen LogP contribution in [-0.2, 0) is 0 Å². The number of hydrogen-bond acceptors (Lipinski definition) is 5. The molecule has 0 spiro atoms. The van der Waals surface area contributed by atoms with E-state index in [0.717, 1.165) is 27.1 Å². The Balaban J connectivity index is 1.70. The summed E-state index contributed by atoms with van der Waals surface area (Å²) in [5.41, 5.74) is 2.63. The number of furan rings is 1. The molecule has 8 heteroatoms. The quantitative estimate of drug-likeness (QED) is 0.371. The Morgan fingerprint density at radius 3 is 2.73 bits per heavy atom. The van der Waals surface area contributed by atoms with Crippen molar-refractivity contribution in [3.8, 4) is 22.2 Å². The van der Waals surface area contributed by atoms with Crippen LogP contribution >= 0.6 is 34.5 Å². The van der Waals surface area contributed by atoms with Crippen molar-refractivity contribution in [3.05, 3.63) is 58.1 Å². The predicted octanol–water partition coefficient (Wildman–Crippen LogP) is 5.88. The number of aryl methyl sites for hydroxylation is 1. The highest BCUT2D eigenvalue weighted by atomic mass is 35.5. The second-order valence-electron chi connectivity index (χ2n) is 5.80. The largest absolute Gasteiger partial charge is 0.452 e. The first-order valence-corrected chi connectivity index (χ1v) is 9.35. The highest BCUT2D eigenvalue weighted by Gasteiger charge is 2.21. The lowest BCUT2D eigenvalue weighted by atomic mass is 10.1. The average molecular weight is 401 g/mol. The molecule has 0 bridgehead atoms. The van der Waals surface area contributed by atoms with Crippen LogP contribution in [0, 0.1) is 6.92 Å². The van der Waals surface area contributed by atoms with Gasteiger partial charge in [-0.15, -0.1) is 10.2 Å².